The van der Waals surface area contributed by atoms with Crippen LogP contribution in [0.25, 0.3) is 0 Å². The molecule has 136 valence electrons. The Hall–Kier alpha value is -1.90. The van der Waals surface area contributed by atoms with E-state index < -0.39 is 16.0 Å². The molecule has 2 rings (SSSR count). The van der Waals surface area contributed by atoms with E-state index in [1.165, 1.54) is 6.07 Å². The Labute approximate surface area is 152 Å². The van der Waals surface area contributed by atoms with Crippen molar-refractivity contribution in [2.75, 3.05) is 31.0 Å². The summed E-state index contributed by atoms with van der Waals surface area (Å²) in [6.07, 6.45) is 0. The van der Waals surface area contributed by atoms with Crippen molar-refractivity contribution >= 4 is 33.0 Å². The van der Waals surface area contributed by atoms with Crippen LogP contribution < -0.4 is 4.72 Å². The number of benzene rings is 1. The van der Waals surface area contributed by atoms with Crippen LogP contribution in [0.4, 0.5) is 5.69 Å². The zero-order valence-electron chi connectivity index (χ0n) is 14.3. The molecule has 1 heterocycles. The van der Waals surface area contributed by atoms with Crippen molar-refractivity contribution in [2.45, 2.75) is 18.1 Å². The first-order chi connectivity index (χ1) is 12.0. The zero-order chi connectivity index (χ0) is 18.3. The van der Waals surface area contributed by atoms with Gasteiger partial charge in [0.1, 0.15) is 10.8 Å². The van der Waals surface area contributed by atoms with Gasteiger partial charge in [0.25, 0.3) is 10.0 Å². The molecule has 0 aliphatic heterocycles. The number of thiophene rings is 1. The fourth-order valence-corrected chi connectivity index (χ4v) is 4.24. The van der Waals surface area contributed by atoms with Crippen molar-refractivity contribution < 1.29 is 17.9 Å². The van der Waals surface area contributed by atoms with Crippen molar-refractivity contribution in [3.05, 3.63) is 47.3 Å². The molecule has 0 radical (unpaired) electrons. The smallest absolute Gasteiger partial charge is 0.338 e. The average molecular weight is 383 g/mol. The maximum absolute atomic E-state index is 12.1. The molecule has 0 fully saturated rings. The molecular weight excluding hydrogens is 360 g/mol. The molecule has 2 aromatic rings. The van der Waals surface area contributed by atoms with E-state index in [2.05, 4.69) is 23.5 Å². The van der Waals surface area contributed by atoms with Gasteiger partial charge in [0.05, 0.1) is 5.56 Å². The maximum Gasteiger partial charge on any atom is 0.338 e. The topological polar surface area (TPSA) is 75.7 Å². The summed E-state index contributed by atoms with van der Waals surface area (Å²) in [6, 6.07) is 9.40. The number of nitrogens with one attached hydrogen (secondary N) is 1. The Morgan fingerprint density at radius 1 is 1.16 bits per heavy atom. The fourth-order valence-electron chi connectivity index (χ4n) is 2.19. The molecule has 1 aromatic carbocycles. The van der Waals surface area contributed by atoms with Gasteiger partial charge in [0.15, 0.2) is 0 Å². The van der Waals surface area contributed by atoms with Gasteiger partial charge in [0, 0.05) is 12.2 Å². The fraction of sp³-hybridized carbons (Fsp3) is 0.353. The average Bonchev–Trinajstić information content (AvgIpc) is 3.14. The van der Waals surface area contributed by atoms with E-state index in [9.17, 15) is 13.2 Å². The van der Waals surface area contributed by atoms with E-state index in [0.717, 1.165) is 24.4 Å². The second-order valence-electron chi connectivity index (χ2n) is 5.28. The number of rotatable bonds is 9. The van der Waals surface area contributed by atoms with Crippen LogP contribution in [-0.4, -0.2) is 45.5 Å². The minimum Gasteiger partial charge on any atom is -0.461 e. The molecule has 0 aliphatic rings. The first kappa shape index (κ1) is 19.4. The van der Waals surface area contributed by atoms with Crippen LogP contribution >= 0.6 is 11.3 Å². The van der Waals surface area contributed by atoms with Crippen LogP contribution in [0.5, 0.6) is 0 Å². The van der Waals surface area contributed by atoms with Gasteiger partial charge < -0.3 is 9.64 Å². The van der Waals surface area contributed by atoms with Crippen LogP contribution in [0.3, 0.4) is 0 Å². The molecule has 0 atom stereocenters. The Morgan fingerprint density at radius 3 is 2.40 bits per heavy atom. The van der Waals surface area contributed by atoms with Crippen molar-refractivity contribution in [3.8, 4) is 0 Å². The van der Waals surface area contributed by atoms with E-state index in [0.29, 0.717) is 24.4 Å². The molecular formula is C17H22N2O4S2. The van der Waals surface area contributed by atoms with Crippen molar-refractivity contribution in [3.63, 3.8) is 0 Å². The predicted octanol–water partition coefficient (Wildman–Crippen LogP) is 3.05. The van der Waals surface area contributed by atoms with E-state index >= 15 is 0 Å². The molecule has 1 aromatic heterocycles. The van der Waals surface area contributed by atoms with Crippen molar-refractivity contribution in [1.82, 2.24) is 4.90 Å². The number of nitrogens with zero attached hydrogens (tertiary/aromatic N) is 1. The minimum atomic E-state index is -3.59. The molecule has 0 bridgehead atoms. The third-order valence-electron chi connectivity index (χ3n) is 3.67. The highest BCUT2D eigenvalue weighted by Gasteiger charge is 2.15. The Morgan fingerprint density at radius 2 is 1.84 bits per heavy atom. The van der Waals surface area contributed by atoms with Gasteiger partial charge in [-0.2, -0.15) is 0 Å². The lowest BCUT2D eigenvalue weighted by Crippen LogP contribution is -2.27. The number of carbonyl (C=O) groups excluding carboxylic acids is 1. The lowest BCUT2D eigenvalue weighted by atomic mass is 10.2. The summed E-state index contributed by atoms with van der Waals surface area (Å²) in [6.45, 7) is 6.95. The molecule has 0 saturated heterocycles. The van der Waals surface area contributed by atoms with Crippen LogP contribution in [0.2, 0.25) is 0 Å². The molecule has 0 saturated carbocycles. The molecule has 0 aliphatic carbocycles. The van der Waals surface area contributed by atoms with Gasteiger partial charge in [-0.15, -0.1) is 11.3 Å². The van der Waals surface area contributed by atoms with Crippen molar-refractivity contribution in [1.29, 1.82) is 0 Å². The first-order valence-corrected chi connectivity index (χ1v) is 10.4. The SMILES string of the molecule is CCN(CC)CCOC(=O)c1ccc(NS(=O)(=O)c2cccs2)cc1. The lowest BCUT2D eigenvalue weighted by molar-refractivity contribution is 0.0466. The normalized spacial score (nSPS) is 11.5. The number of carbonyl (C=O) groups is 1. The van der Waals surface area contributed by atoms with Crippen LogP contribution in [0.1, 0.15) is 24.2 Å². The van der Waals surface area contributed by atoms with Gasteiger partial charge >= 0.3 is 5.97 Å². The number of sulfonamides is 1. The number of ether oxygens (including phenoxy) is 1. The van der Waals surface area contributed by atoms with E-state index in [1.807, 2.05) is 0 Å². The largest absolute Gasteiger partial charge is 0.461 e. The van der Waals surface area contributed by atoms with Gasteiger partial charge in [-0.05, 0) is 48.8 Å². The van der Waals surface area contributed by atoms with Gasteiger partial charge in [-0.1, -0.05) is 19.9 Å². The molecule has 0 unspecified atom stereocenters. The quantitative estimate of drug-likeness (QED) is 0.675. The number of hydrogen-bond donors (Lipinski definition) is 1. The predicted molar refractivity (Wildman–Crippen MR) is 99.6 cm³/mol. The molecule has 8 heteroatoms. The Kier molecular flexibility index (Phi) is 6.98. The molecule has 6 nitrogen and oxygen atoms in total. The second kappa shape index (κ2) is 8.98. The van der Waals surface area contributed by atoms with Crippen LogP contribution in [0, 0.1) is 0 Å². The van der Waals surface area contributed by atoms with Gasteiger partial charge in [-0.25, -0.2) is 13.2 Å². The molecule has 0 spiro atoms. The van der Waals surface area contributed by atoms with Crippen LogP contribution in [-0.2, 0) is 14.8 Å². The highest BCUT2D eigenvalue weighted by Crippen LogP contribution is 2.20. The van der Waals surface area contributed by atoms with Crippen LogP contribution in [0.15, 0.2) is 46.0 Å². The minimum absolute atomic E-state index is 0.243. The monoisotopic (exact) mass is 382 g/mol. The molecule has 1 N–H and O–H groups in total. The summed E-state index contributed by atoms with van der Waals surface area (Å²) in [7, 11) is -3.59. The summed E-state index contributed by atoms with van der Waals surface area (Å²) in [5.74, 6) is -0.417. The van der Waals surface area contributed by atoms with Gasteiger partial charge in [0.2, 0.25) is 0 Å². The number of anilines is 1. The highest BCUT2D eigenvalue weighted by atomic mass is 32.2. The van der Waals surface area contributed by atoms with Gasteiger partial charge in [-0.3, -0.25) is 4.72 Å². The standard InChI is InChI=1S/C17H22N2O4S2/c1-3-19(4-2)11-12-23-17(20)14-7-9-15(10-8-14)18-25(21,22)16-6-5-13-24-16/h5-10,13,18H,3-4,11-12H2,1-2H3. The zero-order valence-corrected chi connectivity index (χ0v) is 15.9. The summed E-state index contributed by atoms with van der Waals surface area (Å²) >= 11 is 1.14. The van der Waals surface area contributed by atoms with E-state index in [1.54, 1.807) is 35.7 Å². The lowest BCUT2D eigenvalue weighted by Gasteiger charge is -2.17. The third kappa shape index (κ3) is 5.55. The van der Waals surface area contributed by atoms with Crippen molar-refractivity contribution in [2.24, 2.45) is 0 Å². The van der Waals surface area contributed by atoms with E-state index in [-0.39, 0.29) is 4.21 Å². The van der Waals surface area contributed by atoms with E-state index in [4.69, 9.17) is 4.74 Å². The maximum atomic E-state index is 12.1. The molecule has 25 heavy (non-hydrogen) atoms. The number of hydrogen-bond acceptors (Lipinski definition) is 6. The first-order valence-electron chi connectivity index (χ1n) is 8.02. The summed E-state index contributed by atoms with van der Waals surface area (Å²) in [5, 5.41) is 1.70. The Bertz CT molecular complexity index is 767. The number of likely N-dealkylation sites (N-methyl/N-ethyl adjacent to an activating group) is 1. The second-order valence-corrected chi connectivity index (χ2v) is 8.13. The Balaban J connectivity index is 1.92. The molecule has 0 amide bonds. The summed E-state index contributed by atoms with van der Waals surface area (Å²) in [5.41, 5.74) is 0.784. The summed E-state index contributed by atoms with van der Waals surface area (Å²) in [4.78, 5) is 14.2. The highest BCUT2D eigenvalue weighted by molar-refractivity contribution is 7.94. The summed E-state index contributed by atoms with van der Waals surface area (Å²) < 4.78 is 32.3. The number of esters is 1. The third-order valence-corrected chi connectivity index (χ3v) is 6.45.